The first kappa shape index (κ1) is 19.1. The Balaban J connectivity index is 1.97. The summed E-state index contributed by atoms with van der Waals surface area (Å²) in [5, 5.41) is 3.17. The molecule has 0 saturated carbocycles. The molecule has 0 bridgehead atoms. The van der Waals surface area contributed by atoms with E-state index in [9.17, 15) is 8.42 Å². The van der Waals surface area contributed by atoms with Crippen LogP contribution in [0.2, 0.25) is 0 Å². The first-order valence-electron chi connectivity index (χ1n) is 8.54. The Bertz CT molecular complexity index is 618. The van der Waals surface area contributed by atoms with E-state index in [0.717, 1.165) is 38.0 Å². The van der Waals surface area contributed by atoms with E-state index >= 15 is 0 Å². The molecule has 1 aromatic heterocycles. The lowest BCUT2D eigenvalue weighted by atomic mass is 9.99. The largest absolute Gasteiger partial charge is 0.352 e. The summed E-state index contributed by atoms with van der Waals surface area (Å²) >= 11 is 0. The smallest absolute Gasteiger partial charge is 0.222 e. The van der Waals surface area contributed by atoms with Crippen LogP contribution in [0.15, 0.2) is 12.4 Å². The van der Waals surface area contributed by atoms with E-state index in [4.69, 9.17) is 0 Å². The summed E-state index contributed by atoms with van der Waals surface area (Å²) in [4.78, 5) is 10.9. The zero-order chi connectivity index (χ0) is 17.7. The van der Waals surface area contributed by atoms with E-state index in [2.05, 4.69) is 31.8 Å². The van der Waals surface area contributed by atoms with Crippen LogP contribution in [0.3, 0.4) is 0 Å². The highest BCUT2D eigenvalue weighted by atomic mass is 32.2. The average Bonchev–Trinajstić information content (AvgIpc) is 2.80. The Hall–Kier alpha value is -1.25. The summed E-state index contributed by atoms with van der Waals surface area (Å²) in [5.74, 6) is 0.989. The zero-order valence-electron chi connectivity index (χ0n) is 15.0. The number of rotatable bonds is 8. The molecule has 1 aromatic rings. The summed E-state index contributed by atoms with van der Waals surface area (Å²) in [6.07, 6.45) is 6.98. The van der Waals surface area contributed by atoms with Gasteiger partial charge < -0.3 is 5.32 Å². The molecule has 1 aliphatic rings. The molecule has 2 unspecified atom stereocenters. The van der Waals surface area contributed by atoms with E-state index in [1.54, 1.807) is 0 Å². The molecule has 0 amide bonds. The molecular weight excluding hydrogens is 326 g/mol. The monoisotopic (exact) mass is 355 g/mol. The minimum absolute atomic E-state index is 0.0113. The Morgan fingerprint density at radius 3 is 2.50 bits per heavy atom. The molecule has 1 fully saturated rings. The van der Waals surface area contributed by atoms with Crippen molar-refractivity contribution in [3.05, 3.63) is 18.0 Å². The van der Waals surface area contributed by atoms with Gasteiger partial charge in [0.2, 0.25) is 16.0 Å². The van der Waals surface area contributed by atoms with Gasteiger partial charge >= 0.3 is 0 Å². The van der Waals surface area contributed by atoms with Crippen molar-refractivity contribution in [2.75, 3.05) is 24.7 Å². The molecule has 1 saturated heterocycles. The van der Waals surface area contributed by atoms with Gasteiger partial charge in [0.05, 0.1) is 6.26 Å². The van der Waals surface area contributed by atoms with E-state index in [-0.39, 0.29) is 6.04 Å². The highest BCUT2D eigenvalue weighted by Gasteiger charge is 2.33. The van der Waals surface area contributed by atoms with Crippen molar-refractivity contribution in [3.63, 3.8) is 0 Å². The normalized spacial score (nSPS) is 22.2. The third-order valence-electron chi connectivity index (χ3n) is 4.07. The van der Waals surface area contributed by atoms with Gasteiger partial charge in [-0.3, -0.25) is 4.90 Å². The molecule has 24 heavy (non-hydrogen) atoms. The Morgan fingerprint density at radius 2 is 1.96 bits per heavy atom. The number of anilines is 1. The third kappa shape index (κ3) is 5.99. The molecule has 2 atom stereocenters. The highest BCUT2D eigenvalue weighted by Crippen LogP contribution is 2.23. The maximum Gasteiger partial charge on any atom is 0.222 e. The number of likely N-dealkylation sites (tertiary alicyclic amines) is 1. The van der Waals surface area contributed by atoms with Gasteiger partial charge in [0, 0.05) is 49.7 Å². The zero-order valence-corrected chi connectivity index (χ0v) is 15.8. The number of aromatic nitrogens is 2. The molecule has 7 nitrogen and oxygen atoms in total. The fourth-order valence-electron chi connectivity index (χ4n) is 3.19. The topological polar surface area (TPSA) is 87.2 Å². The van der Waals surface area contributed by atoms with Crippen LogP contribution in [0.5, 0.6) is 0 Å². The fourth-order valence-corrected chi connectivity index (χ4v) is 4.01. The molecule has 2 heterocycles. The number of sulfonamides is 1. The van der Waals surface area contributed by atoms with Crippen molar-refractivity contribution in [1.29, 1.82) is 0 Å². The lowest BCUT2D eigenvalue weighted by Gasteiger charge is -2.17. The molecule has 0 aliphatic carbocycles. The van der Waals surface area contributed by atoms with Crippen molar-refractivity contribution in [3.8, 4) is 0 Å². The number of hydrogen-bond donors (Lipinski definition) is 2. The second-order valence-corrected chi connectivity index (χ2v) is 8.73. The Kier molecular flexibility index (Phi) is 6.54. The van der Waals surface area contributed by atoms with Crippen LogP contribution in [-0.4, -0.2) is 54.7 Å². The molecule has 2 N–H and O–H groups in total. The van der Waals surface area contributed by atoms with Gasteiger partial charge in [0.1, 0.15) is 0 Å². The lowest BCUT2D eigenvalue weighted by molar-refractivity contribution is 0.311. The van der Waals surface area contributed by atoms with Crippen LogP contribution in [0.1, 0.15) is 39.2 Å². The van der Waals surface area contributed by atoms with Crippen molar-refractivity contribution in [2.45, 2.75) is 52.2 Å². The molecular formula is C16H29N5O2S. The van der Waals surface area contributed by atoms with Crippen LogP contribution in [-0.2, 0) is 16.6 Å². The number of nitrogens with zero attached hydrogens (tertiary/aromatic N) is 3. The molecule has 0 radical (unpaired) electrons. The van der Waals surface area contributed by atoms with Gasteiger partial charge in [-0.25, -0.2) is 23.1 Å². The van der Waals surface area contributed by atoms with Crippen LogP contribution in [0.4, 0.5) is 5.95 Å². The maximum absolute atomic E-state index is 11.6. The summed E-state index contributed by atoms with van der Waals surface area (Å²) in [5.41, 5.74) is 1.04. The standard InChI is InChI=1S/C16H29N5O2S/c1-5-6-14-10-21(11-15(14)20-24(4,22)23)9-13-7-17-16(18-8-13)19-12(2)3/h7-8,12,14-15,20H,5-6,9-11H2,1-4H3,(H,17,18,19). The first-order valence-corrected chi connectivity index (χ1v) is 10.4. The summed E-state index contributed by atoms with van der Waals surface area (Å²) in [6, 6.07) is 0.287. The van der Waals surface area contributed by atoms with Crippen LogP contribution in [0, 0.1) is 5.92 Å². The second-order valence-electron chi connectivity index (χ2n) is 6.95. The van der Waals surface area contributed by atoms with E-state index in [0.29, 0.717) is 17.9 Å². The third-order valence-corrected chi connectivity index (χ3v) is 4.80. The van der Waals surface area contributed by atoms with Crippen molar-refractivity contribution >= 4 is 16.0 Å². The van der Waals surface area contributed by atoms with Crippen molar-refractivity contribution in [1.82, 2.24) is 19.6 Å². The first-order chi connectivity index (χ1) is 11.3. The number of hydrogen-bond acceptors (Lipinski definition) is 6. The minimum Gasteiger partial charge on any atom is -0.352 e. The van der Waals surface area contributed by atoms with E-state index in [1.165, 1.54) is 6.26 Å². The molecule has 2 rings (SSSR count). The van der Waals surface area contributed by atoms with E-state index in [1.807, 2.05) is 26.2 Å². The lowest BCUT2D eigenvalue weighted by Crippen LogP contribution is -2.39. The van der Waals surface area contributed by atoms with Gasteiger partial charge in [-0.15, -0.1) is 0 Å². The van der Waals surface area contributed by atoms with Gasteiger partial charge in [-0.1, -0.05) is 13.3 Å². The van der Waals surface area contributed by atoms with Gasteiger partial charge in [-0.2, -0.15) is 0 Å². The Labute approximate surface area is 145 Å². The summed E-state index contributed by atoms with van der Waals surface area (Å²) in [7, 11) is -3.18. The maximum atomic E-state index is 11.6. The average molecular weight is 356 g/mol. The van der Waals surface area contributed by atoms with Gasteiger partial charge in [0.15, 0.2) is 0 Å². The number of nitrogens with one attached hydrogen (secondary N) is 2. The molecule has 0 spiro atoms. The predicted molar refractivity (Wildman–Crippen MR) is 96.2 cm³/mol. The van der Waals surface area contributed by atoms with Gasteiger partial charge in [-0.05, 0) is 26.2 Å². The SMILES string of the molecule is CCCC1CN(Cc2cnc(NC(C)C)nc2)CC1NS(C)(=O)=O. The van der Waals surface area contributed by atoms with E-state index < -0.39 is 10.0 Å². The molecule has 136 valence electrons. The van der Waals surface area contributed by atoms with Crippen molar-refractivity contribution in [2.24, 2.45) is 5.92 Å². The Morgan fingerprint density at radius 1 is 1.29 bits per heavy atom. The second kappa shape index (κ2) is 8.22. The van der Waals surface area contributed by atoms with Crippen LogP contribution >= 0.6 is 0 Å². The molecule has 1 aliphatic heterocycles. The fraction of sp³-hybridized carbons (Fsp3) is 0.750. The van der Waals surface area contributed by atoms with Crippen LogP contribution in [0.25, 0.3) is 0 Å². The van der Waals surface area contributed by atoms with Gasteiger partial charge in [0.25, 0.3) is 0 Å². The highest BCUT2D eigenvalue weighted by molar-refractivity contribution is 7.88. The van der Waals surface area contributed by atoms with Crippen molar-refractivity contribution < 1.29 is 8.42 Å². The van der Waals surface area contributed by atoms with Crippen LogP contribution < -0.4 is 10.0 Å². The summed E-state index contributed by atoms with van der Waals surface area (Å²) < 4.78 is 25.9. The predicted octanol–water partition coefficient (Wildman–Crippen LogP) is 1.45. The quantitative estimate of drug-likeness (QED) is 0.734. The minimum atomic E-state index is -3.18. The molecule has 0 aromatic carbocycles. The molecule has 8 heteroatoms. The summed E-state index contributed by atoms with van der Waals surface area (Å²) in [6.45, 7) is 8.59.